The topological polar surface area (TPSA) is 62.3 Å². The maximum atomic E-state index is 13.1. The van der Waals surface area contributed by atoms with E-state index < -0.39 is 5.54 Å². The van der Waals surface area contributed by atoms with Gasteiger partial charge in [0.15, 0.2) is 0 Å². The number of benzene rings is 1. The van der Waals surface area contributed by atoms with Crippen molar-refractivity contribution in [3.63, 3.8) is 0 Å². The monoisotopic (exact) mass is 369 g/mol. The lowest BCUT2D eigenvalue weighted by Crippen LogP contribution is -2.46. The fraction of sp³-hybridized carbons (Fsp3) is 0.450. The first-order valence-electron chi connectivity index (χ1n) is 9.25. The molecule has 2 fully saturated rings. The summed E-state index contributed by atoms with van der Waals surface area (Å²) < 4.78 is 0. The number of carbonyl (C=O) groups is 2. The number of rotatable bonds is 3. The van der Waals surface area contributed by atoms with Crippen LogP contribution < -0.4 is 5.32 Å². The van der Waals surface area contributed by atoms with Crippen LogP contribution in [0, 0.1) is 6.92 Å². The maximum Gasteiger partial charge on any atom is 0.325 e. The van der Waals surface area contributed by atoms with Gasteiger partial charge in [0, 0.05) is 10.4 Å². The van der Waals surface area contributed by atoms with Crippen LogP contribution in [0.5, 0.6) is 0 Å². The third kappa shape index (κ3) is 3.03. The third-order valence-corrected chi connectivity index (χ3v) is 6.61. The van der Waals surface area contributed by atoms with E-state index in [1.165, 1.54) is 4.90 Å². The van der Waals surface area contributed by atoms with Gasteiger partial charge in [-0.05, 0) is 19.8 Å². The van der Waals surface area contributed by atoms with Crippen LogP contribution in [0.25, 0.3) is 10.6 Å². The highest BCUT2D eigenvalue weighted by atomic mass is 32.1. The first-order valence-corrected chi connectivity index (χ1v) is 10.1. The quantitative estimate of drug-likeness (QED) is 0.822. The van der Waals surface area contributed by atoms with Gasteiger partial charge in [0.25, 0.3) is 5.91 Å². The summed E-state index contributed by atoms with van der Waals surface area (Å²) in [6.45, 7) is 2.25. The minimum absolute atomic E-state index is 0.0570. The SMILES string of the molecule is Cc1nc(-c2ccccc2)sc1CN1C(=O)NC2(CCCCCC2)C1=O. The number of carbonyl (C=O) groups excluding carboxylic acids is 2. The van der Waals surface area contributed by atoms with Gasteiger partial charge in [-0.2, -0.15) is 0 Å². The van der Waals surface area contributed by atoms with E-state index in [2.05, 4.69) is 10.3 Å². The van der Waals surface area contributed by atoms with Gasteiger partial charge in [0.1, 0.15) is 10.5 Å². The van der Waals surface area contributed by atoms with Gasteiger partial charge < -0.3 is 5.32 Å². The molecule has 4 rings (SSSR count). The van der Waals surface area contributed by atoms with Crippen molar-refractivity contribution in [2.24, 2.45) is 0 Å². The van der Waals surface area contributed by atoms with E-state index >= 15 is 0 Å². The Morgan fingerprint density at radius 2 is 1.81 bits per heavy atom. The zero-order valence-electron chi connectivity index (χ0n) is 15.0. The van der Waals surface area contributed by atoms with Crippen LogP contribution in [0.4, 0.5) is 4.79 Å². The highest BCUT2D eigenvalue weighted by Gasteiger charge is 2.50. The second-order valence-corrected chi connectivity index (χ2v) is 8.30. The van der Waals surface area contributed by atoms with E-state index in [4.69, 9.17) is 0 Å². The second kappa shape index (κ2) is 6.83. The average molecular weight is 369 g/mol. The summed E-state index contributed by atoms with van der Waals surface area (Å²) in [5.41, 5.74) is 1.27. The number of imide groups is 1. The minimum Gasteiger partial charge on any atom is -0.323 e. The van der Waals surface area contributed by atoms with Crippen LogP contribution >= 0.6 is 11.3 Å². The van der Waals surface area contributed by atoms with Crippen molar-refractivity contribution in [1.29, 1.82) is 0 Å². The molecule has 0 bridgehead atoms. The van der Waals surface area contributed by atoms with Gasteiger partial charge in [-0.25, -0.2) is 9.78 Å². The van der Waals surface area contributed by atoms with E-state index in [1.54, 1.807) is 11.3 Å². The Bertz CT molecular complexity index is 823. The fourth-order valence-corrected chi connectivity index (χ4v) is 4.97. The van der Waals surface area contributed by atoms with E-state index in [9.17, 15) is 9.59 Å². The molecule has 1 aliphatic heterocycles. The molecule has 1 aromatic heterocycles. The molecule has 2 aromatic rings. The lowest BCUT2D eigenvalue weighted by Gasteiger charge is -2.24. The van der Waals surface area contributed by atoms with E-state index in [-0.39, 0.29) is 11.9 Å². The van der Waals surface area contributed by atoms with Crippen LogP contribution in [-0.2, 0) is 11.3 Å². The number of urea groups is 1. The number of aryl methyl sites for hydroxylation is 1. The van der Waals surface area contributed by atoms with Gasteiger partial charge >= 0.3 is 6.03 Å². The van der Waals surface area contributed by atoms with Crippen molar-refractivity contribution in [1.82, 2.24) is 15.2 Å². The molecule has 1 aromatic carbocycles. The molecule has 0 atom stereocenters. The Balaban J connectivity index is 1.57. The van der Waals surface area contributed by atoms with Crippen molar-refractivity contribution < 1.29 is 9.59 Å². The summed E-state index contributed by atoms with van der Waals surface area (Å²) in [6.07, 6.45) is 5.78. The molecule has 6 heteroatoms. The smallest absolute Gasteiger partial charge is 0.323 e. The molecular formula is C20H23N3O2S. The number of hydrogen-bond donors (Lipinski definition) is 1. The Kier molecular flexibility index (Phi) is 4.53. The fourth-order valence-electron chi connectivity index (χ4n) is 3.91. The molecule has 3 amide bonds. The number of amides is 3. The molecule has 26 heavy (non-hydrogen) atoms. The van der Waals surface area contributed by atoms with Crippen molar-refractivity contribution in [2.45, 2.75) is 57.5 Å². The predicted octanol–water partition coefficient (Wildman–Crippen LogP) is 4.26. The molecule has 1 saturated heterocycles. The molecule has 0 radical (unpaired) electrons. The van der Waals surface area contributed by atoms with Gasteiger partial charge in [-0.15, -0.1) is 11.3 Å². The largest absolute Gasteiger partial charge is 0.325 e. The second-order valence-electron chi connectivity index (χ2n) is 7.21. The molecule has 2 aliphatic rings. The normalized spacial score (nSPS) is 19.7. The summed E-state index contributed by atoms with van der Waals surface area (Å²) in [6, 6.07) is 9.74. The Hall–Kier alpha value is -2.21. The number of hydrogen-bond acceptors (Lipinski definition) is 4. The van der Waals surface area contributed by atoms with Crippen molar-refractivity contribution in [2.75, 3.05) is 0 Å². The molecule has 2 heterocycles. The minimum atomic E-state index is -0.672. The summed E-state index contributed by atoms with van der Waals surface area (Å²) in [7, 11) is 0. The zero-order chi connectivity index (χ0) is 18.1. The predicted molar refractivity (Wildman–Crippen MR) is 102 cm³/mol. The lowest BCUT2D eigenvalue weighted by molar-refractivity contribution is -0.132. The summed E-state index contributed by atoms with van der Waals surface area (Å²) in [5.74, 6) is -0.0570. The average Bonchev–Trinajstić information content (AvgIpc) is 2.99. The summed E-state index contributed by atoms with van der Waals surface area (Å²) >= 11 is 1.56. The van der Waals surface area contributed by atoms with Gasteiger partial charge in [-0.3, -0.25) is 9.69 Å². The van der Waals surface area contributed by atoms with Crippen molar-refractivity contribution in [3.8, 4) is 10.6 Å². The van der Waals surface area contributed by atoms with Gasteiger partial charge in [0.05, 0.1) is 12.2 Å². The summed E-state index contributed by atoms with van der Waals surface area (Å²) in [4.78, 5) is 32.6. The molecule has 136 valence electrons. The first kappa shape index (κ1) is 17.2. The van der Waals surface area contributed by atoms with Crippen molar-refractivity contribution >= 4 is 23.3 Å². The Morgan fingerprint density at radius 3 is 2.50 bits per heavy atom. The third-order valence-electron chi connectivity index (χ3n) is 5.42. The lowest BCUT2D eigenvalue weighted by atomic mass is 9.90. The molecule has 1 saturated carbocycles. The maximum absolute atomic E-state index is 13.1. The van der Waals surface area contributed by atoms with Gasteiger partial charge in [0.2, 0.25) is 0 Å². The zero-order valence-corrected chi connectivity index (χ0v) is 15.8. The Labute approximate surface area is 157 Å². The molecule has 1 N–H and O–H groups in total. The number of aromatic nitrogens is 1. The van der Waals surface area contributed by atoms with Crippen LogP contribution in [-0.4, -0.2) is 27.4 Å². The first-order chi connectivity index (χ1) is 12.6. The molecular weight excluding hydrogens is 346 g/mol. The van der Waals surface area contributed by atoms with Crippen LogP contribution in [0.3, 0.4) is 0 Å². The number of thiazole rings is 1. The molecule has 1 spiro atoms. The van der Waals surface area contributed by atoms with E-state index in [0.29, 0.717) is 6.54 Å². The number of nitrogens with zero attached hydrogens (tertiary/aromatic N) is 2. The standard InChI is InChI=1S/C20H23N3O2S/c1-14-16(26-17(21-14)15-9-5-4-6-10-15)13-23-18(24)20(22-19(23)25)11-7-2-3-8-12-20/h4-6,9-10H,2-3,7-8,11-13H2,1H3,(H,22,25). The molecule has 0 unspecified atom stereocenters. The van der Waals surface area contributed by atoms with Crippen LogP contribution in [0.15, 0.2) is 30.3 Å². The number of nitrogens with one attached hydrogen (secondary N) is 1. The Morgan fingerprint density at radius 1 is 1.12 bits per heavy atom. The highest BCUT2D eigenvalue weighted by molar-refractivity contribution is 7.15. The van der Waals surface area contributed by atoms with Gasteiger partial charge in [-0.1, -0.05) is 56.0 Å². The summed E-state index contributed by atoms with van der Waals surface area (Å²) in [5, 5.41) is 3.93. The molecule has 5 nitrogen and oxygen atoms in total. The van der Waals surface area contributed by atoms with E-state index in [0.717, 1.165) is 59.7 Å². The van der Waals surface area contributed by atoms with Crippen LogP contribution in [0.1, 0.15) is 49.1 Å². The molecule has 1 aliphatic carbocycles. The van der Waals surface area contributed by atoms with Crippen molar-refractivity contribution in [3.05, 3.63) is 40.9 Å². The van der Waals surface area contributed by atoms with Crippen LogP contribution in [0.2, 0.25) is 0 Å². The van der Waals surface area contributed by atoms with E-state index in [1.807, 2.05) is 37.3 Å². The highest BCUT2D eigenvalue weighted by Crippen LogP contribution is 2.35.